The van der Waals surface area contributed by atoms with Crippen molar-refractivity contribution in [3.05, 3.63) is 80.8 Å². The summed E-state index contributed by atoms with van der Waals surface area (Å²) in [4.78, 5) is 29.3. The molecule has 0 bridgehead atoms. The molecule has 1 aromatic carbocycles. The molecule has 29 heavy (non-hydrogen) atoms. The molecule has 7 nitrogen and oxygen atoms in total. The van der Waals surface area contributed by atoms with E-state index in [1.165, 1.54) is 9.08 Å². The number of thiazole rings is 1. The van der Waals surface area contributed by atoms with Gasteiger partial charge in [0.15, 0.2) is 5.65 Å². The maximum absolute atomic E-state index is 12.4. The molecule has 3 heterocycles. The van der Waals surface area contributed by atoms with Crippen molar-refractivity contribution in [1.82, 2.24) is 19.2 Å². The lowest BCUT2D eigenvalue weighted by atomic mass is 10.2. The summed E-state index contributed by atoms with van der Waals surface area (Å²) < 4.78 is 2.92. The Hall–Kier alpha value is -3.26. The minimum atomic E-state index is -0.195. The van der Waals surface area contributed by atoms with Crippen LogP contribution in [0.1, 0.15) is 36.0 Å². The Morgan fingerprint density at radius 3 is 2.83 bits per heavy atom. The molecule has 4 aromatic rings. The van der Waals surface area contributed by atoms with Crippen LogP contribution in [0.5, 0.6) is 0 Å². The molecule has 1 N–H and O–H groups in total. The van der Waals surface area contributed by atoms with Crippen LogP contribution < -0.4 is 11.0 Å². The number of fused-ring (bicyclic) bond motifs is 1. The second-order valence-electron chi connectivity index (χ2n) is 7.13. The Bertz CT molecular complexity index is 1220. The fourth-order valence-electron chi connectivity index (χ4n) is 3.03. The zero-order valence-corrected chi connectivity index (χ0v) is 17.0. The van der Waals surface area contributed by atoms with E-state index in [4.69, 9.17) is 0 Å². The van der Waals surface area contributed by atoms with Crippen molar-refractivity contribution in [3.8, 4) is 0 Å². The second-order valence-corrected chi connectivity index (χ2v) is 8.02. The molecule has 0 saturated carbocycles. The smallest absolute Gasteiger partial charge is 0.326 e. The van der Waals surface area contributed by atoms with E-state index in [-0.39, 0.29) is 18.0 Å². The van der Waals surface area contributed by atoms with E-state index >= 15 is 0 Å². The number of hydrogen-bond acceptors (Lipinski definition) is 5. The van der Waals surface area contributed by atoms with Gasteiger partial charge in [0.2, 0.25) is 5.91 Å². The summed E-state index contributed by atoms with van der Waals surface area (Å²) in [5, 5.41) is 10.2. The van der Waals surface area contributed by atoms with E-state index < -0.39 is 0 Å². The van der Waals surface area contributed by atoms with Gasteiger partial charge in [-0.3, -0.25) is 9.20 Å². The normalized spacial score (nSPS) is 11.3. The average molecular weight is 407 g/mol. The van der Waals surface area contributed by atoms with Crippen molar-refractivity contribution >= 4 is 28.6 Å². The Morgan fingerprint density at radius 1 is 1.21 bits per heavy atom. The van der Waals surface area contributed by atoms with Gasteiger partial charge in [0, 0.05) is 23.2 Å². The number of nitrogens with zero attached hydrogens (tertiary/aromatic N) is 4. The van der Waals surface area contributed by atoms with Crippen LogP contribution in [0.25, 0.3) is 5.65 Å². The monoisotopic (exact) mass is 407 g/mol. The van der Waals surface area contributed by atoms with Crippen molar-refractivity contribution < 1.29 is 4.79 Å². The average Bonchev–Trinajstić information content (AvgIpc) is 3.27. The van der Waals surface area contributed by atoms with Gasteiger partial charge in [-0.1, -0.05) is 32.0 Å². The highest BCUT2D eigenvalue weighted by molar-refractivity contribution is 7.09. The standard InChI is InChI=1S/C21H21N5O2S/c1-14(2)20-23-17(13-29-20)11-19(27)22-16-7-5-6-15(10-16)12-26-21(28)25-9-4-3-8-18(25)24-26/h3-10,13-14H,11-12H2,1-2H3,(H,22,27). The van der Waals surface area contributed by atoms with E-state index in [2.05, 4.69) is 29.2 Å². The lowest BCUT2D eigenvalue weighted by molar-refractivity contribution is -0.115. The van der Waals surface area contributed by atoms with Gasteiger partial charge < -0.3 is 5.32 Å². The number of carbonyl (C=O) groups excluding carboxylic acids is 1. The highest BCUT2D eigenvalue weighted by Gasteiger charge is 2.11. The number of rotatable bonds is 6. The van der Waals surface area contributed by atoms with Gasteiger partial charge in [0.25, 0.3) is 0 Å². The summed E-state index contributed by atoms with van der Waals surface area (Å²) in [6.07, 6.45) is 1.93. The van der Waals surface area contributed by atoms with E-state index in [1.807, 2.05) is 35.7 Å². The van der Waals surface area contributed by atoms with Gasteiger partial charge in [-0.25, -0.2) is 14.5 Å². The summed E-state index contributed by atoms with van der Waals surface area (Å²) in [5.74, 6) is 0.240. The number of benzene rings is 1. The van der Waals surface area contributed by atoms with E-state index in [9.17, 15) is 9.59 Å². The maximum Gasteiger partial charge on any atom is 0.350 e. The van der Waals surface area contributed by atoms with E-state index in [0.717, 1.165) is 16.3 Å². The fraction of sp³-hybridized carbons (Fsp3) is 0.238. The topological polar surface area (TPSA) is 81.3 Å². The number of anilines is 1. The third-order valence-corrected chi connectivity index (χ3v) is 5.63. The van der Waals surface area contributed by atoms with Crippen LogP contribution in [0.4, 0.5) is 5.69 Å². The van der Waals surface area contributed by atoms with Gasteiger partial charge >= 0.3 is 5.69 Å². The Balaban J connectivity index is 1.46. The lowest BCUT2D eigenvalue weighted by Gasteiger charge is -2.07. The molecule has 0 aliphatic rings. The molecule has 0 spiro atoms. The van der Waals surface area contributed by atoms with Crippen LogP contribution in [-0.2, 0) is 17.8 Å². The molecule has 0 unspecified atom stereocenters. The number of hydrogen-bond donors (Lipinski definition) is 1. The van der Waals surface area contributed by atoms with Crippen molar-refractivity contribution in [1.29, 1.82) is 0 Å². The number of carbonyl (C=O) groups is 1. The molecule has 3 aromatic heterocycles. The van der Waals surface area contributed by atoms with Crippen molar-refractivity contribution in [2.75, 3.05) is 5.32 Å². The first-order chi connectivity index (χ1) is 14.0. The molecular weight excluding hydrogens is 386 g/mol. The van der Waals surface area contributed by atoms with Crippen LogP contribution in [0, 0.1) is 0 Å². The molecule has 0 fully saturated rings. The SMILES string of the molecule is CC(C)c1nc(CC(=O)Nc2cccc(Cn3nc4ccccn4c3=O)c2)cs1. The van der Waals surface area contributed by atoms with E-state index in [1.54, 1.807) is 29.7 Å². The van der Waals surface area contributed by atoms with Crippen LogP contribution in [0.3, 0.4) is 0 Å². The summed E-state index contributed by atoms with van der Waals surface area (Å²) in [6.45, 7) is 4.50. The summed E-state index contributed by atoms with van der Waals surface area (Å²) in [7, 11) is 0. The molecular formula is C21H21N5O2S. The Kier molecular flexibility index (Phi) is 5.26. The predicted octanol–water partition coefficient (Wildman–Crippen LogP) is 3.31. The van der Waals surface area contributed by atoms with Crippen molar-refractivity contribution in [2.45, 2.75) is 32.7 Å². The molecule has 1 amide bonds. The van der Waals surface area contributed by atoms with Crippen LogP contribution in [-0.4, -0.2) is 25.1 Å². The number of amides is 1. The Morgan fingerprint density at radius 2 is 2.07 bits per heavy atom. The Labute approximate surface area is 171 Å². The zero-order valence-electron chi connectivity index (χ0n) is 16.2. The molecule has 8 heteroatoms. The minimum absolute atomic E-state index is 0.118. The van der Waals surface area contributed by atoms with Crippen molar-refractivity contribution in [2.24, 2.45) is 0 Å². The van der Waals surface area contributed by atoms with E-state index in [0.29, 0.717) is 23.8 Å². The highest BCUT2D eigenvalue weighted by atomic mass is 32.1. The van der Waals surface area contributed by atoms with Crippen LogP contribution >= 0.6 is 11.3 Å². The third-order valence-electron chi connectivity index (χ3n) is 4.44. The zero-order chi connectivity index (χ0) is 20.4. The highest BCUT2D eigenvalue weighted by Crippen LogP contribution is 2.20. The molecule has 0 aliphatic carbocycles. The second kappa shape index (κ2) is 8.00. The molecule has 0 saturated heterocycles. The van der Waals surface area contributed by atoms with Gasteiger partial charge in [-0.15, -0.1) is 16.4 Å². The first-order valence-electron chi connectivity index (χ1n) is 9.37. The molecule has 148 valence electrons. The van der Waals surface area contributed by atoms with Crippen molar-refractivity contribution in [3.63, 3.8) is 0 Å². The molecule has 0 radical (unpaired) electrons. The first-order valence-corrected chi connectivity index (χ1v) is 10.2. The summed E-state index contributed by atoms with van der Waals surface area (Å²) in [6, 6.07) is 12.9. The van der Waals surface area contributed by atoms with Gasteiger partial charge in [-0.05, 0) is 29.8 Å². The number of pyridine rings is 1. The van der Waals surface area contributed by atoms with Crippen LogP contribution in [0.15, 0.2) is 58.8 Å². The fourth-order valence-corrected chi connectivity index (χ4v) is 3.87. The quantitative estimate of drug-likeness (QED) is 0.532. The molecule has 0 aliphatic heterocycles. The van der Waals surface area contributed by atoms with Crippen LogP contribution in [0.2, 0.25) is 0 Å². The van der Waals surface area contributed by atoms with Gasteiger partial charge in [0.05, 0.1) is 23.7 Å². The largest absolute Gasteiger partial charge is 0.350 e. The summed E-state index contributed by atoms with van der Waals surface area (Å²) >= 11 is 1.58. The van der Waals surface area contributed by atoms with Gasteiger partial charge in [-0.2, -0.15) is 0 Å². The van der Waals surface area contributed by atoms with Gasteiger partial charge in [0.1, 0.15) is 0 Å². The molecule has 4 rings (SSSR count). The molecule has 0 atom stereocenters. The minimum Gasteiger partial charge on any atom is -0.326 e. The maximum atomic E-state index is 12.4. The first kappa shape index (κ1) is 19.1. The number of nitrogens with one attached hydrogen (secondary N) is 1. The summed E-state index contributed by atoms with van der Waals surface area (Å²) in [5.41, 5.74) is 2.75. The lowest BCUT2D eigenvalue weighted by Crippen LogP contribution is -2.21. The number of aromatic nitrogens is 4. The predicted molar refractivity (Wildman–Crippen MR) is 114 cm³/mol. The third kappa shape index (κ3) is 4.27.